The number of benzene rings is 2. The van der Waals surface area contributed by atoms with Crippen molar-refractivity contribution in [1.82, 2.24) is 15.1 Å². The van der Waals surface area contributed by atoms with E-state index < -0.39 is 4.92 Å². The Morgan fingerprint density at radius 2 is 1.76 bits per heavy atom. The molecule has 0 saturated carbocycles. The molecule has 11 heteroatoms. The van der Waals surface area contributed by atoms with E-state index >= 15 is 0 Å². The van der Waals surface area contributed by atoms with Crippen molar-refractivity contribution in [2.24, 2.45) is 5.92 Å². The van der Waals surface area contributed by atoms with Gasteiger partial charge < -0.3 is 14.1 Å². The third-order valence-electron chi connectivity index (χ3n) is 5.34. The number of amides is 1. The highest BCUT2D eigenvalue weighted by atomic mass is 35.5. The molecule has 1 aliphatic rings. The van der Waals surface area contributed by atoms with Crippen LogP contribution in [0.1, 0.15) is 29.1 Å². The number of hydrogen-bond donors (Lipinski definition) is 0. The van der Waals surface area contributed by atoms with Crippen molar-refractivity contribution in [2.75, 3.05) is 13.1 Å². The molecule has 0 bridgehead atoms. The zero-order valence-corrected chi connectivity index (χ0v) is 18.1. The van der Waals surface area contributed by atoms with Gasteiger partial charge in [-0.1, -0.05) is 11.6 Å². The first-order valence-electron chi connectivity index (χ1n) is 10.2. The summed E-state index contributed by atoms with van der Waals surface area (Å²) in [5.41, 5.74) is 1.03. The monoisotopic (exact) mass is 470 g/mol. The molecule has 0 spiro atoms. The second kappa shape index (κ2) is 9.78. The average molecular weight is 471 g/mol. The van der Waals surface area contributed by atoms with Gasteiger partial charge in [-0.2, -0.15) is 0 Å². The summed E-state index contributed by atoms with van der Waals surface area (Å²) in [6, 6.07) is 12.4. The predicted molar refractivity (Wildman–Crippen MR) is 116 cm³/mol. The fourth-order valence-electron chi connectivity index (χ4n) is 3.50. The predicted octanol–water partition coefficient (Wildman–Crippen LogP) is 3.89. The molecule has 10 nitrogen and oxygen atoms in total. The van der Waals surface area contributed by atoms with E-state index in [-0.39, 0.29) is 41.9 Å². The van der Waals surface area contributed by atoms with E-state index in [1.165, 1.54) is 24.3 Å². The second-order valence-electron chi connectivity index (χ2n) is 7.49. The highest BCUT2D eigenvalue weighted by molar-refractivity contribution is 6.30. The zero-order valence-electron chi connectivity index (χ0n) is 17.3. The highest BCUT2D eigenvalue weighted by Gasteiger charge is 2.29. The quantitative estimate of drug-likeness (QED) is 0.301. The van der Waals surface area contributed by atoms with E-state index in [4.69, 9.17) is 20.8 Å². The summed E-state index contributed by atoms with van der Waals surface area (Å²) in [5, 5.41) is 19.0. The Morgan fingerprint density at radius 3 is 2.39 bits per heavy atom. The van der Waals surface area contributed by atoms with Crippen LogP contribution in [-0.4, -0.2) is 45.0 Å². The minimum atomic E-state index is -0.499. The molecule has 0 aliphatic carbocycles. The molecule has 170 valence electrons. The summed E-state index contributed by atoms with van der Waals surface area (Å²) >= 11 is 5.86. The van der Waals surface area contributed by atoms with Crippen LogP contribution >= 0.6 is 11.6 Å². The molecule has 2 aromatic carbocycles. The summed E-state index contributed by atoms with van der Waals surface area (Å²) in [4.78, 5) is 37.0. The number of nitro groups is 1. The molecular weight excluding hydrogens is 452 g/mol. The largest absolute Gasteiger partial charge is 0.455 e. The maximum Gasteiger partial charge on any atom is 0.309 e. The standard InChI is InChI=1S/C22H19ClN4O6/c23-17-5-1-15(2-6-17)21(28)26-11-9-16(10-12-26)22(29)32-13-19-24-25-20(33-19)14-3-7-18(8-4-14)27(30)31/h1-8,16H,9-13H2. The number of ether oxygens (including phenoxy) is 1. The first kappa shape index (κ1) is 22.4. The van der Waals surface area contributed by atoms with Crippen LogP contribution in [0.3, 0.4) is 0 Å². The molecule has 1 aliphatic heterocycles. The van der Waals surface area contributed by atoms with E-state index in [0.717, 1.165) is 0 Å². The second-order valence-corrected chi connectivity index (χ2v) is 7.92. The summed E-state index contributed by atoms with van der Waals surface area (Å²) in [6.45, 7) is 0.723. The SMILES string of the molecule is O=C(OCc1nnc(-c2ccc([N+](=O)[O-])cc2)o1)C1CCN(C(=O)c2ccc(Cl)cc2)CC1. The van der Waals surface area contributed by atoms with Crippen LogP contribution < -0.4 is 0 Å². The fraction of sp³-hybridized carbons (Fsp3) is 0.273. The molecule has 4 rings (SSSR count). The van der Waals surface area contributed by atoms with E-state index in [2.05, 4.69) is 10.2 Å². The van der Waals surface area contributed by atoms with E-state index in [0.29, 0.717) is 42.1 Å². The van der Waals surface area contributed by atoms with Gasteiger partial charge in [0.15, 0.2) is 6.61 Å². The van der Waals surface area contributed by atoms with Gasteiger partial charge in [0.05, 0.1) is 10.8 Å². The molecule has 1 fully saturated rings. The lowest BCUT2D eigenvalue weighted by molar-refractivity contribution is -0.384. The molecule has 0 radical (unpaired) electrons. The highest BCUT2D eigenvalue weighted by Crippen LogP contribution is 2.23. The Balaban J connectivity index is 1.26. The number of likely N-dealkylation sites (tertiary alicyclic amines) is 1. The number of piperidine rings is 1. The normalized spacial score (nSPS) is 14.2. The average Bonchev–Trinajstić information content (AvgIpc) is 3.32. The molecular formula is C22H19ClN4O6. The Labute approximate surface area is 193 Å². The maximum absolute atomic E-state index is 12.6. The van der Waals surface area contributed by atoms with Crippen molar-refractivity contribution in [3.8, 4) is 11.5 Å². The first-order chi connectivity index (χ1) is 15.9. The minimum Gasteiger partial charge on any atom is -0.455 e. The molecule has 2 heterocycles. The number of hydrogen-bond acceptors (Lipinski definition) is 8. The number of aromatic nitrogens is 2. The van der Waals surface area contributed by atoms with Crippen molar-refractivity contribution in [3.05, 3.63) is 75.1 Å². The van der Waals surface area contributed by atoms with Crippen LogP contribution in [0.2, 0.25) is 5.02 Å². The van der Waals surface area contributed by atoms with Crippen LogP contribution in [0.4, 0.5) is 5.69 Å². The smallest absolute Gasteiger partial charge is 0.309 e. The zero-order chi connectivity index (χ0) is 23.4. The number of non-ortho nitro benzene ring substituents is 1. The van der Waals surface area contributed by atoms with Gasteiger partial charge in [0.2, 0.25) is 5.89 Å². The number of halogens is 1. The molecule has 1 amide bonds. The van der Waals surface area contributed by atoms with Gasteiger partial charge in [-0.05, 0) is 49.2 Å². The topological polar surface area (TPSA) is 129 Å². The van der Waals surface area contributed by atoms with Gasteiger partial charge in [0.25, 0.3) is 17.5 Å². The number of rotatable bonds is 6. The molecule has 0 N–H and O–H groups in total. The van der Waals surface area contributed by atoms with Gasteiger partial charge in [0.1, 0.15) is 0 Å². The molecule has 0 atom stereocenters. The Hall–Kier alpha value is -3.79. The van der Waals surface area contributed by atoms with Crippen molar-refractivity contribution < 1.29 is 23.7 Å². The van der Waals surface area contributed by atoms with Crippen LogP contribution in [-0.2, 0) is 16.1 Å². The van der Waals surface area contributed by atoms with Crippen molar-refractivity contribution in [2.45, 2.75) is 19.4 Å². The Bertz CT molecular complexity index is 1150. The van der Waals surface area contributed by atoms with E-state index in [1.54, 1.807) is 29.2 Å². The van der Waals surface area contributed by atoms with Crippen LogP contribution in [0.15, 0.2) is 52.9 Å². The summed E-state index contributed by atoms with van der Waals surface area (Å²) < 4.78 is 10.8. The summed E-state index contributed by atoms with van der Waals surface area (Å²) in [7, 11) is 0. The number of nitro benzene ring substituents is 1. The maximum atomic E-state index is 12.6. The Morgan fingerprint density at radius 1 is 1.09 bits per heavy atom. The van der Waals surface area contributed by atoms with Gasteiger partial charge in [-0.3, -0.25) is 19.7 Å². The van der Waals surface area contributed by atoms with E-state index in [9.17, 15) is 19.7 Å². The van der Waals surface area contributed by atoms with Crippen LogP contribution in [0, 0.1) is 16.0 Å². The lowest BCUT2D eigenvalue weighted by Gasteiger charge is -2.30. The third-order valence-corrected chi connectivity index (χ3v) is 5.59. The fourth-order valence-corrected chi connectivity index (χ4v) is 3.62. The van der Waals surface area contributed by atoms with Crippen molar-refractivity contribution >= 4 is 29.2 Å². The van der Waals surface area contributed by atoms with Gasteiger partial charge in [0, 0.05) is 41.4 Å². The molecule has 3 aromatic rings. The lowest BCUT2D eigenvalue weighted by atomic mass is 9.96. The van der Waals surface area contributed by atoms with Crippen molar-refractivity contribution in [3.63, 3.8) is 0 Å². The summed E-state index contributed by atoms with van der Waals surface area (Å²) in [5.74, 6) is -0.514. The molecule has 1 saturated heterocycles. The Kier molecular flexibility index (Phi) is 6.64. The number of carbonyl (C=O) groups is 2. The first-order valence-corrected chi connectivity index (χ1v) is 10.6. The summed E-state index contributed by atoms with van der Waals surface area (Å²) in [6.07, 6.45) is 0.992. The molecule has 0 unspecified atom stereocenters. The van der Waals surface area contributed by atoms with Gasteiger partial charge >= 0.3 is 5.97 Å². The van der Waals surface area contributed by atoms with Gasteiger partial charge in [-0.15, -0.1) is 10.2 Å². The van der Waals surface area contributed by atoms with Gasteiger partial charge in [-0.25, -0.2) is 0 Å². The third kappa shape index (κ3) is 5.35. The van der Waals surface area contributed by atoms with Crippen molar-refractivity contribution in [1.29, 1.82) is 0 Å². The number of nitrogens with zero attached hydrogens (tertiary/aromatic N) is 4. The van der Waals surface area contributed by atoms with Crippen LogP contribution in [0.5, 0.6) is 0 Å². The lowest BCUT2D eigenvalue weighted by Crippen LogP contribution is -2.40. The van der Waals surface area contributed by atoms with E-state index in [1.807, 2.05) is 0 Å². The molecule has 1 aromatic heterocycles. The van der Waals surface area contributed by atoms with Crippen LogP contribution in [0.25, 0.3) is 11.5 Å². The molecule has 33 heavy (non-hydrogen) atoms. The number of esters is 1. The minimum absolute atomic E-state index is 0.0478. The number of carbonyl (C=O) groups excluding carboxylic acids is 2.